The molecule has 0 spiro atoms. The largest absolute Gasteiger partial charge is 0.493 e. The Morgan fingerprint density at radius 3 is 2.34 bits per heavy atom. The van der Waals surface area contributed by atoms with Gasteiger partial charge in [0.25, 0.3) is 0 Å². The summed E-state index contributed by atoms with van der Waals surface area (Å²) in [5.74, 6) is 0.462. The number of aryl methyl sites for hydroxylation is 1. The van der Waals surface area contributed by atoms with Gasteiger partial charge in [0.05, 0.1) is 38.4 Å². The average molecular weight is 391 g/mol. The zero-order valence-electron chi connectivity index (χ0n) is 16.7. The Labute approximate surface area is 168 Å². The van der Waals surface area contributed by atoms with Gasteiger partial charge in [0, 0.05) is 7.05 Å². The summed E-state index contributed by atoms with van der Waals surface area (Å²) >= 11 is 0. The first kappa shape index (κ1) is 20.0. The van der Waals surface area contributed by atoms with Crippen molar-refractivity contribution >= 4 is 22.9 Å². The number of nitrogens with zero attached hydrogens (tertiary/aromatic N) is 3. The first-order chi connectivity index (χ1) is 14.0. The van der Waals surface area contributed by atoms with E-state index >= 15 is 0 Å². The van der Waals surface area contributed by atoms with Crippen LogP contribution in [-0.4, -0.2) is 36.7 Å². The average Bonchev–Trinajstić information content (AvgIpc) is 3.08. The number of allylic oxidation sites excluding steroid dienone is 1. The van der Waals surface area contributed by atoms with E-state index in [1.807, 2.05) is 24.3 Å². The highest BCUT2D eigenvalue weighted by Gasteiger charge is 2.24. The maximum Gasteiger partial charge on any atom is 0.203 e. The van der Waals surface area contributed by atoms with Crippen LogP contribution in [0.1, 0.15) is 17.3 Å². The second kappa shape index (κ2) is 8.48. The lowest BCUT2D eigenvalue weighted by molar-refractivity contribution is -0.115. The number of hydrogen-bond donors (Lipinski definition) is 0. The number of ether oxygens (including phenoxy) is 3. The van der Waals surface area contributed by atoms with Gasteiger partial charge in [-0.05, 0) is 35.9 Å². The number of ketones is 1. The molecule has 0 amide bonds. The molecule has 0 saturated carbocycles. The fraction of sp³-hybridized carbons (Fsp3) is 0.227. The van der Waals surface area contributed by atoms with Crippen molar-refractivity contribution in [2.75, 3.05) is 21.3 Å². The van der Waals surface area contributed by atoms with Crippen molar-refractivity contribution in [2.45, 2.75) is 5.92 Å². The number of methoxy groups -OCH3 is 3. The van der Waals surface area contributed by atoms with E-state index in [-0.39, 0.29) is 5.78 Å². The zero-order chi connectivity index (χ0) is 21.0. The summed E-state index contributed by atoms with van der Waals surface area (Å²) in [5, 5.41) is 9.61. The van der Waals surface area contributed by atoms with Gasteiger partial charge < -0.3 is 18.8 Å². The van der Waals surface area contributed by atoms with Crippen molar-refractivity contribution in [2.24, 2.45) is 7.05 Å². The predicted molar refractivity (Wildman–Crippen MR) is 109 cm³/mol. The van der Waals surface area contributed by atoms with Gasteiger partial charge in [0.2, 0.25) is 5.75 Å². The van der Waals surface area contributed by atoms with Gasteiger partial charge in [0.1, 0.15) is 5.82 Å². The molecule has 7 heteroatoms. The number of imidazole rings is 1. The summed E-state index contributed by atoms with van der Waals surface area (Å²) in [4.78, 5) is 17.2. The summed E-state index contributed by atoms with van der Waals surface area (Å²) in [6.45, 7) is 0. The van der Waals surface area contributed by atoms with Gasteiger partial charge in [-0.1, -0.05) is 18.2 Å². The highest BCUT2D eigenvalue weighted by molar-refractivity contribution is 6.00. The summed E-state index contributed by atoms with van der Waals surface area (Å²) < 4.78 is 17.7. The molecule has 3 rings (SSSR count). The van der Waals surface area contributed by atoms with Gasteiger partial charge in [-0.2, -0.15) is 5.26 Å². The first-order valence-corrected chi connectivity index (χ1v) is 8.87. The Morgan fingerprint density at radius 2 is 1.79 bits per heavy atom. The smallest absolute Gasteiger partial charge is 0.203 e. The molecule has 0 bridgehead atoms. The summed E-state index contributed by atoms with van der Waals surface area (Å²) in [6.07, 6.45) is 2.98. The number of carbonyl (C=O) groups is 1. The van der Waals surface area contributed by atoms with Crippen molar-refractivity contribution in [3.63, 3.8) is 0 Å². The molecule has 0 aliphatic heterocycles. The quantitative estimate of drug-likeness (QED) is 0.573. The van der Waals surface area contributed by atoms with E-state index in [1.165, 1.54) is 27.4 Å². The van der Waals surface area contributed by atoms with Crippen LogP contribution in [0.2, 0.25) is 0 Å². The standard InChI is InChI=1S/C22H21N3O4/c1-25-17-8-6-5-7-16(17)24-22(25)15(13-23)18(26)10-9-14-11-19(27-2)21(29-4)20(12-14)28-3/h5-12,15H,1-4H3/b10-9+. The van der Waals surface area contributed by atoms with E-state index in [4.69, 9.17) is 14.2 Å². The first-order valence-electron chi connectivity index (χ1n) is 8.87. The number of benzene rings is 2. The predicted octanol–water partition coefficient (Wildman–Crippen LogP) is 3.49. The highest BCUT2D eigenvalue weighted by Crippen LogP contribution is 2.38. The molecule has 0 saturated heterocycles. The lowest BCUT2D eigenvalue weighted by Gasteiger charge is -2.12. The number of fused-ring (bicyclic) bond motifs is 1. The third-order valence-corrected chi connectivity index (χ3v) is 4.62. The third-order valence-electron chi connectivity index (χ3n) is 4.62. The molecule has 1 aromatic heterocycles. The van der Waals surface area contributed by atoms with Crippen molar-refractivity contribution in [1.29, 1.82) is 5.26 Å². The minimum atomic E-state index is -1.01. The molecule has 0 fully saturated rings. The van der Waals surface area contributed by atoms with Crippen molar-refractivity contribution in [1.82, 2.24) is 9.55 Å². The number of nitriles is 1. The second-order valence-electron chi connectivity index (χ2n) is 6.27. The summed E-state index contributed by atoms with van der Waals surface area (Å²) in [5.41, 5.74) is 2.28. The van der Waals surface area contributed by atoms with Crippen molar-refractivity contribution in [3.05, 3.63) is 53.9 Å². The van der Waals surface area contributed by atoms with Crippen LogP contribution in [0.25, 0.3) is 17.1 Å². The van der Waals surface area contributed by atoms with Crippen LogP contribution in [0.5, 0.6) is 17.2 Å². The molecular weight excluding hydrogens is 370 g/mol. The fourth-order valence-electron chi connectivity index (χ4n) is 3.14. The topological polar surface area (TPSA) is 86.4 Å². The summed E-state index contributed by atoms with van der Waals surface area (Å²) in [6, 6.07) is 13.0. The lowest BCUT2D eigenvalue weighted by atomic mass is 10.0. The molecule has 3 aromatic rings. The minimum Gasteiger partial charge on any atom is -0.493 e. The Kier molecular flexibility index (Phi) is 5.84. The maximum atomic E-state index is 12.8. The Morgan fingerprint density at radius 1 is 1.14 bits per heavy atom. The van der Waals surface area contributed by atoms with Crippen LogP contribution in [0, 0.1) is 11.3 Å². The molecule has 29 heavy (non-hydrogen) atoms. The number of para-hydroxylation sites is 2. The molecule has 7 nitrogen and oxygen atoms in total. The number of rotatable bonds is 7. The highest BCUT2D eigenvalue weighted by atomic mass is 16.5. The summed E-state index contributed by atoms with van der Waals surface area (Å²) in [7, 11) is 6.36. The molecule has 0 aliphatic carbocycles. The molecule has 1 unspecified atom stereocenters. The Balaban J connectivity index is 1.93. The van der Waals surface area contributed by atoms with Gasteiger partial charge in [-0.3, -0.25) is 4.79 Å². The molecule has 0 radical (unpaired) electrons. The van der Waals surface area contributed by atoms with E-state index in [2.05, 4.69) is 11.1 Å². The van der Waals surface area contributed by atoms with Crippen LogP contribution in [0.4, 0.5) is 0 Å². The SMILES string of the molecule is COc1cc(/C=C/C(=O)C(C#N)c2nc3ccccc3n2C)cc(OC)c1OC. The Hall–Kier alpha value is -3.79. The van der Waals surface area contributed by atoms with E-state index in [0.29, 0.717) is 28.6 Å². The number of aromatic nitrogens is 2. The minimum absolute atomic E-state index is 0.361. The zero-order valence-corrected chi connectivity index (χ0v) is 16.7. The normalized spacial score (nSPS) is 12.0. The van der Waals surface area contributed by atoms with Crippen LogP contribution < -0.4 is 14.2 Å². The molecule has 1 atom stereocenters. The third kappa shape index (κ3) is 3.78. The lowest BCUT2D eigenvalue weighted by Crippen LogP contribution is -2.13. The molecule has 148 valence electrons. The number of hydrogen-bond acceptors (Lipinski definition) is 6. The van der Waals surface area contributed by atoms with Gasteiger partial charge in [0.15, 0.2) is 23.2 Å². The molecular formula is C22H21N3O4. The van der Waals surface area contributed by atoms with Crippen molar-refractivity contribution in [3.8, 4) is 23.3 Å². The molecule has 2 aromatic carbocycles. The molecule has 0 aliphatic rings. The second-order valence-corrected chi connectivity index (χ2v) is 6.27. The van der Waals surface area contributed by atoms with Crippen LogP contribution in [0.15, 0.2) is 42.5 Å². The van der Waals surface area contributed by atoms with Crippen molar-refractivity contribution < 1.29 is 19.0 Å². The van der Waals surface area contributed by atoms with E-state index in [1.54, 1.807) is 29.8 Å². The fourth-order valence-corrected chi connectivity index (χ4v) is 3.14. The Bertz CT molecular complexity index is 1100. The van der Waals surface area contributed by atoms with Gasteiger partial charge in [-0.15, -0.1) is 0 Å². The van der Waals surface area contributed by atoms with Crippen LogP contribution in [-0.2, 0) is 11.8 Å². The molecule has 1 heterocycles. The van der Waals surface area contributed by atoms with Gasteiger partial charge >= 0.3 is 0 Å². The van der Waals surface area contributed by atoms with E-state index in [0.717, 1.165) is 11.0 Å². The monoisotopic (exact) mass is 391 g/mol. The van der Waals surface area contributed by atoms with Crippen LogP contribution >= 0.6 is 0 Å². The van der Waals surface area contributed by atoms with Crippen LogP contribution in [0.3, 0.4) is 0 Å². The van der Waals surface area contributed by atoms with Gasteiger partial charge in [-0.25, -0.2) is 4.98 Å². The van der Waals surface area contributed by atoms with E-state index < -0.39 is 5.92 Å². The van der Waals surface area contributed by atoms with E-state index in [9.17, 15) is 10.1 Å². The number of carbonyl (C=O) groups excluding carboxylic acids is 1. The maximum absolute atomic E-state index is 12.8. The molecule has 0 N–H and O–H groups in total.